The molecule has 158 valence electrons. The molecular weight excluding hydrogens is 372 g/mol. The van der Waals surface area contributed by atoms with Gasteiger partial charge in [0.2, 0.25) is 11.8 Å². The maximum absolute atomic E-state index is 13.4. The summed E-state index contributed by atoms with van der Waals surface area (Å²) in [5.41, 5.74) is 3.11. The minimum atomic E-state index is -0.458. The van der Waals surface area contributed by atoms with Gasteiger partial charge in [0.25, 0.3) is 0 Å². The second-order valence-electron chi connectivity index (χ2n) is 9.32. The Morgan fingerprint density at radius 1 is 1.00 bits per heavy atom. The highest BCUT2D eigenvalue weighted by Crippen LogP contribution is 2.43. The van der Waals surface area contributed by atoms with E-state index in [2.05, 4.69) is 55.5 Å². The van der Waals surface area contributed by atoms with E-state index in [0.29, 0.717) is 25.4 Å². The number of benzene rings is 2. The van der Waals surface area contributed by atoms with Gasteiger partial charge in [-0.3, -0.25) is 9.59 Å². The van der Waals surface area contributed by atoms with Crippen LogP contribution in [0.5, 0.6) is 0 Å². The zero-order chi connectivity index (χ0) is 21.3. The molecule has 0 radical (unpaired) electrons. The smallest absolute Gasteiger partial charge is 0.228 e. The van der Waals surface area contributed by atoms with Crippen molar-refractivity contribution in [1.82, 2.24) is 9.80 Å². The molecule has 1 aliphatic heterocycles. The van der Waals surface area contributed by atoms with Gasteiger partial charge in [0.05, 0.1) is 5.41 Å². The zero-order valence-electron chi connectivity index (χ0n) is 18.3. The van der Waals surface area contributed by atoms with Crippen LogP contribution < -0.4 is 0 Å². The van der Waals surface area contributed by atoms with E-state index in [0.717, 1.165) is 19.3 Å². The molecule has 0 spiro atoms. The van der Waals surface area contributed by atoms with Crippen molar-refractivity contribution in [3.8, 4) is 11.1 Å². The first-order valence-electron chi connectivity index (χ1n) is 11.1. The average molecular weight is 405 g/mol. The number of hydrogen-bond donors (Lipinski definition) is 0. The predicted molar refractivity (Wildman–Crippen MR) is 120 cm³/mol. The van der Waals surface area contributed by atoms with Crippen LogP contribution in [0.1, 0.15) is 31.7 Å². The molecule has 0 aromatic heterocycles. The van der Waals surface area contributed by atoms with Gasteiger partial charge in [0, 0.05) is 33.1 Å². The standard InChI is InChI=1S/C26H32N2O2/c1-19-17-23(19)24(29)28-15-13-26(14-16-28,25(30)27(2)3)18-21-11-7-8-12-22(21)20-9-5-4-6-10-20/h4-12,19,23H,13-18H2,1-3H3/t19-,23-/m1/s1. The van der Waals surface area contributed by atoms with Crippen molar-refractivity contribution in [2.75, 3.05) is 27.2 Å². The minimum absolute atomic E-state index is 0.178. The molecular formula is C26H32N2O2. The molecule has 2 aromatic carbocycles. The van der Waals surface area contributed by atoms with Gasteiger partial charge in [0.15, 0.2) is 0 Å². The monoisotopic (exact) mass is 404 g/mol. The summed E-state index contributed by atoms with van der Waals surface area (Å²) in [6.45, 7) is 3.50. The van der Waals surface area contributed by atoms with E-state index in [4.69, 9.17) is 0 Å². The fourth-order valence-corrected chi connectivity index (χ4v) is 4.93. The molecule has 2 amide bonds. The first-order chi connectivity index (χ1) is 14.4. The molecule has 0 bridgehead atoms. The minimum Gasteiger partial charge on any atom is -0.348 e. The van der Waals surface area contributed by atoms with Crippen LogP contribution in [0.25, 0.3) is 11.1 Å². The predicted octanol–water partition coefficient (Wildman–Crippen LogP) is 4.25. The van der Waals surface area contributed by atoms with Crippen LogP contribution in [-0.2, 0) is 16.0 Å². The van der Waals surface area contributed by atoms with Gasteiger partial charge < -0.3 is 9.80 Å². The van der Waals surface area contributed by atoms with Gasteiger partial charge >= 0.3 is 0 Å². The summed E-state index contributed by atoms with van der Waals surface area (Å²) >= 11 is 0. The van der Waals surface area contributed by atoms with Crippen LogP contribution in [0.15, 0.2) is 54.6 Å². The van der Waals surface area contributed by atoms with Gasteiger partial charge in [-0.15, -0.1) is 0 Å². The van der Waals surface area contributed by atoms with Crippen LogP contribution >= 0.6 is 0 Å². The number of hydrogen-bond acceptors (Lipinski definition) is 2. The molecule has 2 aromatic rings. The summed E-state index contributed by atoms with van der Waals surface area (Å²) in [4.78, 5) is 29.8. The fourth-order valence-electron chi connectivity index (χ4n) is 4.93. The van der Waals surface area contributed by atoms with Crippen molar-refractivity contribution in [3.05, 3.63) is 60.2 Å². The van der Waals surface area contributed by atoms with E-state index < -0.39 is 5.41 Å². The van der Waals surface area contributed by atoms with Gasteiger partial charge in [-0.2, -0.15) is 0 Å². The topological polar surface area (TPSA) is 40.6 Å². The Labute approximate surface area is 179 Å². The first-order valence-corrected chi connectivity index (χ1v) is 11.1. The SMILES string of the molecule is C[C@@H]1C[C@H]1C(=O)N1CCC(Cc2ccccc2-c2ccccc2)(C(=O)N(C)C)CC1. The molecule has 0 unspecified atom stereocenters. The quantitative estimate of drug-likeness (QED) is 0.748. The number of likely N-dealkylation sites (tertiary alicyclic amines) is 1. The summed E-state index contributed by atoms with van der Waals surface area (Å²) < 4.78 is 0. The third-order valence-electron chi connectivity index (χ3n) is 6.95. The molecule has 4 rings (SSSR count). The third kappa shape index (κ3) is 4.00. The van der Waals surface area contributed by atoms with Crippen LogP contribution in [-0.4, -0.2) is 48.8 Å². The number of piperidine rings is 1. The molecule has 4 heteroatoms. The summed E-state index contributed by atoms with van der Waals surface area (Å²) in [5, 5.41) is 0. The summed E-state index contributed by atoms with van der Waals surface area (Å²) in [6, 6.07) is 18.8. The van der Waals surface area contributed by atoms with E-state index in [1.807, 2.05) is 25.1 Å². The molecule has 1 saturated heterocycles. The highest BCUT2D eigenvalue weighted by Gasteiger charge is 2.47. The van der Waals surface area contributed by atoms with Gasteiger partial charge in [-0.1, -0.05) is 61.5 Å². The zero-order valence-corrected chi connectivity index (χ0v) is 18.3. The van der Waals surface area contributed by atoms with E-state index in [-0.39, 0.29) is 17.7 Å². The summed E-state index contributed by atoms with van der Waals surface area (Å²) in [6.07, 6.45) is 3.17. The fraction of sp³-hybridized carbons (Fsp3) is 0.462. The maximum atomic E-state index is 13.4. The first kappa shape index (κ1) is 20.6. The Hall–Kier alpha value is -2.62. The Morgan fingerprint density at radius 2 is 1.60 bits per heavy atom. The molecule has 2 aliphatic rings. The Bertz CT molecular complexity index is 914. The number of carbonyl (C=O) groups is 2. The summed E-state index contributed by atoms with van der Waals surface area (Å²) in [5.74, 6) is 1.20. The Morgan fingerprint density at radius 3 is 2.20 bits per heavy atom. The number of nitrogens with zero attached hydrogens (tertiary/aromatic N) is 2. The van der Waals surface area contributed by atoms with Gasteiger partial charge in [-0.05, 0) is 48.3 Å². The van der Waals surface area contributed by atoms with Crippen LogP contribution in [0.4, 0.5) is 0 Å². The molecule has 4 nitrogen and oxygen atoms in total. The summed E-state index contributed by atoms with van der Waals surface area (Å²) in [7, 11) is 3.69. The maximum Gasteiger partial charge on any atom is 0.228 e. The lowest BCUT2D eigenvalue weighted by atomic mass is 9.71. The molecule has 1 aliphatic carbocycles. The lowest BCUT2D eigenvalue weighted by molar-refractivity contribution is -0.146. The van der Waals surface area contributed by atoms with E-state index >= 15 is 0 Å². The number of amides is 2. The van der Waals surface area contributed by atoms with Crippen LogP contribution in [0.2, 0.25) is 0 Å². The average Bonchev–Trinajstić information content (AvgIpc) is 3.50. The third-order valence-corrected chi connectivity index (χ3v) is 6.95. The van der Waals surface area contributed by atoms with Gasteiger partial charge in [-0.25, -0.2) is 0 Å². The van der Waals surface area contributed by atoms with Crippen LogP contribution in [0.3, 0.4) is 0 Å². The van der Waals surface area contributed by atoms with E-state index in [1.54, 1.807) is 4.90 Å². The van der Waals surface area contributed by atoms with Crippen molar-refractivity contribution < 1.29 is 9.59 Å². The van der Waals surface area contributed by atoms with E-state index in [1.165, 1.54) is 16.7 Å². The van der Waals surface area contributed by atoms with Crippen molar-refractivity contribution in [2.24, 2.45) is 17.3 Å². The lowest BCUT2D eigenvalue weighted by Gasteiger charge is -2.42. The Balaban J connectivity index is 1.59. The van der Waals surface area contributed by atoms with Crippen LogP contribution in [0, 0.1) is 17.3 Å². The number of rotatable bonds is 5. The molecule has 2 fully saturated rings. The highest BCUT2D eigenvalue weighted by atomic mass is 16.2. The van der Waals surface area contributed by atoms with Crippen molar-refractivity contribution in [3.63, 3.8) is 0 Å². The second kappa shape index (κ2) is 8.25. The van der Waals surface area contributed by atoms with E-state index in [9.17, 15) is 9.59 Å². The molecule has 0 N–H and O–H groups in total. The molecule has 2 atom stereocenters. The Kier molecular flexibility index (Phi) is 5.68. The number of carbonyl (C=O) groups excluding carboxylic acids is 2. The molecule has 1 saturated carbocycles. The van der Waals surface area contributed by atoms with Crippen molar-refractivity contribution >= 4 is 11.8 Å². The lowest BCUT2D eigenvalue weighted by Crippen LogP contribution is -2.51. The van der Waals surface area contributed by atoms with Crippen molar-refractivity contribution in [1.29, 1.82) is 0 Å². The van der Waals surface area contributed by atoms with Crippen molar-refractivity contribution in [2.45, 2.75) is 32.6 Å². The second-order valence-corrected chi connectivity index (χ2v) is 9.32. The molecule has 1 heterocycles. The normalized spacial score (nSPS) is 22.4. The largest absolute Gasteiger partial charge is 0.348 e. The highest BCUT2D eigenvalue weighted by molar-refractivity contribution is 5.85. The van der Waals surface area contributed by atoms with Gasteiger partial charge in [0.1, 0.15) is 0 Å². The molecule has 30 heavy (non-hydrogen) atoms.